The summed E-state index contributed by atoms with van der Waals surface area (Å²) < 4.78 is 25.5. The van der Waals surface area contributed by atoms with Crippen molar-refractivity contribution in [2.24, 2.45) is 5.73 Å². The normalized spacial score (nSPS) is 11.8. The second kappa shape index (κ2) is 7.38. The number of sulfone groups is 1. The van der Waals surface area contributed by atoms with Gasteiger partial charge in [-0.25, -0.2) is 8.42 Å². The van der Waals surface area contributed by atoms with Gasteiger partial charge in [-0.15, -0.1) is 0 Å². The predicted octanol–water partition coefficient (Wildman–Crippen LogP) is 3.05. The Kier molecular flexibility index (Phi) is 5.32. The molecular formula is C19H20N2O4S2. The van der Waals surface area contributed by atoms with Crippen molar-refractivity contribution in [3.05, 3.63) is 53.7 Å². The van der Waals surface area contributed by atoms with E-state index in [9.17, 15) is 18.3 Å². The largest absolute Gasteiger partial charge is 0.480 e. The van der Waals surface area contributed by atoms with Crippen LogP contribution in [0.1, 0.15) is 11.3 Å². The number of carboxylic acids is 1. The van der Waals surface area contributed by atoms with Crippen molar-refractivity contribution in [1.82, 2.24) is 4.57 Å². The van der Waals surface area contributed by atoms with Gasteiger partial charge in [-0.2, -0.15) is 0 Å². The summed E-state index contributed by atoms with van der Waals surface area (Å²) in [6.45, 7) is 2.08. The maximum atomic E-state index is 11.9. The molecule has 8 heteroatoms. The molecule has 1 aromatic heterocycles. The maximum Gasteiger partial charge on any atom is 0.323 e. The number of hydrogen-bond acceptors (Lipinski definition) is 5. The summed E-state index contributed by atoms with van der Waals surface area (Å²) in [5.41, 5.74) is 8.04. The molecule has 0 fully saturated rings. The summed E-state index contributed by atoms with van der Waals surface area (Å²) in [5, 5.41) is 10.1. The van der Waals surface area contributed by atoms with Crippen molar-refractivity contribution < 1.29 is 18.3 Å². The van der Waals surface area contributed by atoms with Crippen LogP contribution in [0.15, 0.2) is 57.2 Å². The van der Waals surface area contributed by atoms with Gasteiger partial charge in [0.15, 0.2) is 9.84 Å². The van der Waals surface area contributed by atoms with Crippen LogP contribution in [-0.2, 0) is 27.7 Å². The highest BCUT2D eigenvalue weighted by Gasteiger charge is 2.19. The molecule has 27 heavy (non-hydrogen) atoms. The number of nitrogens with zero attached hydrogens (tertiary/aromatic N) is 1. The number of nitrogens with two attached hydrogens (primary N) is 1. The van der Waals surface area contributed by atoms with Gasteiger partial charge in [0.1, 0.15) is 6.54 Å². The lowest BCUT2D eigenvalue weighted by molar-refractivity contribution is -0.137. The first-order valence-corrected chi connectivity index (χ1v) is 10.9. The standard InChI is InChI=1S/C19H20N2O4S2/c1-12-19(26-14-5-3-13(10-20)4-6-14)16-8-7-15(27(2,24)25)9-17(16)21(12)11-18(22)23/h3-9H,10-11,20H2,1-2H3,(H,22,23). The molecule has 0 aliphatic carbocycles. The average Bonchev–Trinajstić information content (AvgIpc) is 2.86. The molecule has 3 aromatic rings. The van der Waals surface area contributed by atoms with Gasteiger partial charge in [-0.05, 0) is 36.8 Å². The van der Waals surface area contributed by atoms with Crippen LogP contribution in [0.4, 0.5) is 0 Å². The van der Waals surface area contributed by atoms with Crippen molar-refractivity contribution in [2.45, 2.75) is 34.7 Å². The number of aromatic nitrogens is 1. The molecule has 142 valence electrons. The Hall–Kier alpha value is -2.29. The zero-order valence-corrected chi connectivity index (χ0v) is 16.6. The quantitative estimate of drug-likeness (QED) is 0.655. The summed E-state index contributed by atoms with van der Waals surface area (Å²) in [7, 11) is -3.39. The van der Waals surface area contributed by atoms with Crippen LogP contribution in [0.3, 0.4) is 0 Å². The minimum absolute atomic E-state index is 0.169. The third kappa shape index (κ3) is 4.02. The zero-order valence-electron chi connectivity index (χ0n) is 15.0. The van der Waals surface area contributed by atoms with E-state index < -0.39 is 15.8 Å². The van der Waals surface area contributed by atoms with E-state index in [0.717, 1.165) is 32.7 Å². The molecule has 2 aromatic carbocycles. The molecule has 0 atom stereocenters. The van der Waals surface area contributed by atoms with E-state index in [-0.39, 0.29) is 11.4 Å². The van der Waals surface area contributed by atoms with Crippen molar-refractivity contribution in [2.75, 3.05) is 6.26 Å². The molecule has 3 rings (SSSR count). The van der Waals surface area contributed by atoms with E-state index in [2.05, 4.69) is 0 Å². The highest BCUT2D eigenvalue weighted by atomic mass is 32.2. The lowest BCUT2D eigenvalue weighted by atomic mass is 10.2. The molecule has 0 bridgehead atoms. The van der Waals surface area contributed by atoms with Gasteiger partial charge >= 0.3 is 5.97 Å². The third-order valence-corrected chi connectivity index (χ3v) is 6.68. The molecule has 0 unspecified atom stereocenters. The van der Waals surface area contributed by atoms with E-state index in [0.29, 0.717) is 12.1 Å². The van der Waals surface area contributed by atoms with Crippen LogP contribution in [0.2, 0.25) is 0 Å². The predicted molar refractivity (Wildman–Crippen MR) is 106 cm³/mol. The van der Waals surface area contributed by atoms with Crippen molar-refractivity contribution in [1.29, 1.82) is 0 Å². The second-order valence-electron chi connectivity index (χ2n) is 6.30. The average molecular weight is 405 g/mol. The van der Waals surface area contributed by atoms with Gasteiger partial charge in [-0.3, -0.25) is 4.79 Å². The number of fused-ring (bicyclic) bond motifs is 1. The highest BCUT2D eigenvalue weighted by molar-refractivity contribution is 7.99. The number of benzene rings is 2. The lowest BCUT2D eigenvalue weighted by Crippen LogP contribution is -2.10. The Morgan fingerprint density at radius 2 is 1.85 bits per heavy atom. The third-order valence-electron chi connectivity index (χ3n) is 4.34. The van der Waals surface area contributed by atoms with Crippen LogP contribution >= 0.6 is 11.8 Å². The van der Waals surface area contributed by atoms with Crippen molar-refractivity contribution in [3.8, 4) is 0 Å². The molecule has 0 spiro atoms. The molecule has 0 radical (unpaired) electrons. The van der Waals surface area contributed by atoms with Crippen molar-refractivity contribution >= 4 is 38.5 Å². The Morgan fingerprint density at radius 3 is 2.41 bits per heavy atom. The summed E-state index contributed by atoms with van der Waals surface area (Å²) in [4.78, 5) is 13.4. The van der Waals surface area contributed by atoms with E-state index in [1.54, 1.807) is 22.8 Å². The smallest absolute Gasteiger partial charge is 0.323 e. The Morgan fingerprint density at radius 1 is 1.19 bits per heavy atom. The van der Waals surface area contributed by atoms with Crippen LogP contribution in [-0.4, -0.2) is 30.3 Å². The van der Waals surface area contributed by atoms with Gasteiger partial charge in [0.05, 0.1) is 10.4 Å². The maximum absolute atomic E-state index is 11.9. The van der Waals surface area contributed by atoms with Gasteiger partial charge in [0, 0.05) is 33.7 Å². The fourth-order valence-corrected chi connectivity index (χ4v) is 4.62. The van der Waals surface area contributed by atoms with Crippen LogP contribution < -0.4 is 5.73 Å². The van der Waals surface area contributed by atoms with Crippen LogP contribution in [0, 0.1) is 6.92 Å². The molecule has 0 saturated heterocycles. The van der Waals surface area contributed by atoms with Crippen LogP contribution in [0.25, 0.3) is 10.9 Å². The Labute approximate surface area is 161 Å². The SMILES string of the molecule is Cc1c(Sc2ccc(CN)cc2)c2ccc(S(C)(=O)=O)cc2n1CC(=O)O. The monoisotopic (exact) mass is 404 g/mol. The molecule has 1 heterocycles. The fraction of sp³-hybridized carbons (Fsp3) is 0.211. The molecular weight excluding hydrogens is 384 g/mol. The molecule has 0 aliphatic rings. The number of carboxylic acid groups (broad SMARTS) is 1. The first-order chi connectivity index (χ1) is 12.7. The van der Waals surface area contributed by atoms with Crippen molar-refractivity contribution in [3.63, 3.8) is 0 Å². The first kappa shape index (κ1) is 19.5. The van der Waals surface area contributed by atoms with E-state index in [4.69, 9.17) is 5.73 Å². The molecule has 0 amide bonds. The summed E-state index contributed by atoms with van der Waals surface area (Å²) in [5.74, 6) is -0.983. The lowest BCUT2D eigenvalue weighted by Gasteiger charge is -2.06. The summed E-state index contributed by atoms with van der Waals surface area (Å²) in [6.07, 6.45) is 1.14. The Balaban J connectivity index is 2.16. The number of rotatable bonds is 6. The molecule has 3 N–H and O–H groups in total. The minimum atomic E-state index is -3.39. The van der Waals surface area contributed by atoms with Gasteiger partial charge in [-0.1, -0.05) is 30.0 Å². The Bertz CT molecular complexity index is 1120. The number of hydrogen-bond donors (Lipinski definition) is 2. The highest BCUT2D eigenvalue weighted by Crippen LogP contribution is 2.39. The van der Waals surface area contributed by atoms with Gasteiger partial charge in [0.2, 0.25) is 0 Å². The van der Waals surface area contributed by atoms with E-state index in [1.807, 2.05) is 31.2 Å². The van der Waals surface area contributed by atoms with E-state index in [1.165, 1.54) is 11.8 Å². The fourth-order valence-electron chi connectivity index (χ4n) is 2.93. The summed E-state index contributed by atoms with van der Waals surface area (Å²) >= 11 is 1.52. The molecule has 0 aliphatic heterocycles. The van der Waals surface area contributed by atoms with E-state index >= 15 is 0 Å². The topological polar surface area (TPSA) is 102 Å². The minimum Gasteiger partial charge on any atom is -0.480 e. The molecule has 0 saturated carbocycles. The zero-order chi connectivity index (χ0) is 19.8. The van der Waals surface area contributed by atoms with Gasteiger partial charge < -0.3 is 15.4 Å². The first-order valence-electron chi connectivity index (χ1n) is 8.22. The van der Waals surface area contributed by atoms with Gasteiger partial charge in [0.25, 0.3) is 0 Å². The number of aliphatic carboxylic acids is 1. The van der Waals surface area contributed by atoms with Crippen LogP contribution in [0.5, 0.6) is 0 Å². The molecule has 6 nitrogen and oxygen atoms in total. The second-order valence-corrected chi connectivity index (χ2v) is 9.40. The number of carbonyl (C=O) groups is 1. The summed E-state index contributed by atoms with van der Waals surface area (Å²) in [6, 6.07) is 12.7.